The predicted octanol–water partition coefficient (Wildman–Crippen LogP) is 3.68. The van der Waals surface area contributed by atoms with E-state index >= 15 is 0 Å². The zero-order valence-corrected chi connectivity index (χ0v) is 17.1. The summed E-state index contributed by atoms with van der Waals surface area (Å²) in [7, 11) is 0. The standard InChI is InChI=1S/C20H18FN5OS2/c21-16-3-1-13(2-4-16)8-22-20(27)25-9-14-11-26(12-15(14)10-25)28-17-5-6-18-19(7-17)24-29-23-18/h1-7H,8-12H2,(H,22,27). The molecule has 6 nitrogen and oxygen atoms in total. The Bertz CT molecular complexity index is 1080. The minimum atomic E-state index is -0.272. The van der Waals surface area contributed by atoms with Crippen LogP contribution in [-0.4, -0.2) is 50.2 Å². The molecule has 0 radical (unpaired) electrons. The van der Waals surface area contributed by atoms with Gasteiger partial charge in [0.25, 0.3) is 0 Å². The van der Waals surface area contributed by atoms with Crippen molar-refractivity contribution in [1.82, 2.24) is 23.3 Å². The molecule has 2 aliphatic heterocycles. The Kier molecular flexibility index (Phi) is 4.94. The molecule has 1 aromatic heterocycles. The van der Waals surface area contributed by atoms with Crippen molar-refractivity contribution < 1.29 is 9.18 Å². The SMILES string of the molecule is O=C(NCc1ccc(F)cc1)N1CC2=C(CN(Sc3ccc4nsnc4c3)C2)C1. The van der Waals surface area contributed by atoms with Crippen molar-refractivity contribution in [1.29, 1.82) is 0 Å². The lowest BCUT2D eigenvalue weighted by molar-refractivity contribution is 0.208. The Morgan fingerprint density at radius 2 is 1.76 bits per heavy atom. The number of aromatic nitrogens is 2. The molecule has 29 heavy (non-hydrogen) atoms. The highest BCUT2D eigenvalue weighted by molar-refractivity contribution is 7.97. The third kappa shape index (κ3) is 3.98. The molecule has 0 unspecified atom stereocenters. The average Bonchev–Trinajstić information content (AvgIpc) is 3.41. The fourth-order valence-electron chi connectivity index (χ4n) is 3.61. The summed E-state index contributed by atoms with van der Waals surface area (Å²) in [4.78, 5) is 15.5. The molecule has 0 saturated heterocycles. The van der Waals surface area contributed by atoms with Crippen LogP contribution in [0, 0.1) is 5.82 Å². The van der Waals surface area contributed by atoms with Gasteiger partial charge in [0.1, 0.15) is 16.9 Å². The van der Waals surface area contributed by atoms with Crippen molar-refractivity contribution in [3.8, 4) is 0 Å². The lowest BCUT2D eigenvalue weighted by atomic mass is 10.2. The molecule has 3 aromatic rings. The summed E-state index contributed by atoms with van der Waals surface area (Å²) in [6.07, 6.45) is 0. The highest BCUT2D eigenvalue weighted by atomic mass is 32.2. The molecule has 0 spiro atoms. The number of nitrogens with zero attached hydrogens (tertiary/aromatic N) is 4. The van der Waals surface area contributed by atoms with Gasteiger partial charge in [0, 0.05) is 37.6 Å². The zero-order chi connectivity index (χ0) is 19.8. The van der Waals surface area contributed by atoms with Gasteiger partial charge in [-0.1, -0.05) is 12.1 Å². The van der Waals surface area contributed by atoms with Gasteiger partial charge in [-0.05, 0) is 59.0 Å². The summed E-state index contributed by atoms with van der Waals surface area (Å²) in [6, 6.07) is 12.3. The van der Waals surface area contributed by atoms with Gasteiger partial charge in [-0.15, -0.1) is 0 Å². The molecule has 9 heteroatoms. The number of carbonyl (C=O) groups excluding carboxylic acids is 1. The highest BCUT2D eigenvalue weighted by Crippen LogP contribution is 2.34. The lowest BCUT2D eigenvalue weighted by Crippen LogP contribution is -2.40. The van der Waals surface area contributed by atoms with E-state index in [1.165, 1.54) is 35.0 Å². The normalized spacial score (nSPS) is 16.7. The first-order chi connectivity index (χ1) is 14.1. The van der Waals surface area contributed by atoms with Crippen LogP contribution >= 0.6 is 23.7 Å². The minimum Gasteiger partial charge on any atom is -0.334 e. The van der Waals surface area contributed by atoms with Gasteiger partial charge in [-0.2, -0.15) is 8.75 Å². The molecule has 0 saturated carbocycles. The molecule has 3 heterocycles. The van der Waals surface area contributed by atoms with Gasteiger partial charge in [0.15, 0.2) is 0 Å². The van der Waals surface area contributed by atoms with Crippen molar-refractivity contribution in [3.63, 3.8) is 0 Å². The molecule has 2 amide bonds. The van der Waals surface area contributed by atoms with Gasteiger partial charge in [0.2, 0.25) is 0 Å². The van der Waals surface area contributed by atoms with Crippen molar-refractivity contribution in [2.24, 2.45) is 0 Å². The first kappa shape index (κ1) is 18.5. The summed E-state index contributed by atoms with van der Waals surface area (Å²) in [6.45, 7) is 3.44. The lowest BCUT2D eigenvalue weighted by Gasteiger charge is -2.22. The molecule has 0 fully saturated rings. The van der Waals surface area contributed by atoms with Crippen molar-refractivity contribution in [2.45, 2.75) is 11.4 Å². The Morgan fingerprint density at radius 1 is 1.03 bits per heavy atom. The third-order valence-corrected chi connectivity index (χ3v) is 6.64. The van der Waals surface area contributed by atoms with E-state index in [0.29, 0.717) is 19.6 Å². The number of amides is 2. The van der Waals surface area contributed by atoms with Gasteiger partial charge >= 0.3 is 6.03 Å². The third-order valence-electron chi connectivity index (χ3n) is 5.10. The number of carbonyl (C=O) groups is 1. The number of halogens is 1. The molecule has 0 bridgehead atoms. The maximum atomic E-state index is 13.0. The van der Waals surface area contributed by atoms with E-state index < -0.39 is 0 Å². The van der Waals surface area contributed by atoms with Crippen LogP contribution < -0.4 is 5.32 Å². The predicted molar refractivity (Wildman–Crippen MR) is 112 cm³/mol. The number of hydrogen-bond acceptors (Lipinski definition) is 6. The van der Waals surface area contributed by atoms with Crippen LogP contribution in [0.5, 0.6) is 0 Å². The molecule has 2 aromatic carbocycles. The number of fused-ring (bicyclic) bond motifs is 1. The van der Waals surface area contributed by atoms with E-state index in [1.807, 2.05) is 11.0 Å². The van der Waals surface area contributed by atoms with Crippen LogP contribution in [0.15, 0.2) is 58.5 Å². The summed E-state index contributed by atoms with van der Waals surface area (Å²) in [5.41, 5.74) is 5.40. The van der Waals surface area contributed by atoms with Gasteiger partial charge in [-0.25, -0.2) is 13.5 Å². The van der Waals surface area contributed by atoms with Crippen LogP contribution in [-0.2, 0) is 6.54 Å². The quantitative estimate of drug-likeness (QED) is 0.509. The van der Waals surface area contributed by atoms with Crippen LogP contribution in [0.4, 0.5) is 9.18 Å². The van der Waals surface area contributed by atoms with Gasteiger partial charge < -0.3 is 10.2 Å². The Morgan fingerprint density at radius 3 is 2.52 bits per heavy atom. The van der Waals surface area contributed by atoms with E-state index in [-0.39, 0.29) is 11.8 Å². The van der Waals surface area contributed by atoms with Gasteiger partial charge in [-0.3, -0.25) is 0 Å². The van der Waals surface area contributed by atoms with Crippen molar-refractivity contribution in [2.75, 3.05) is 26.2 Å². The molecule has 5 rings (SSSR count). The Balaban J connectivity index is 1.12. The molecule has 0 aliphatic carbocycles. The smallest absolute Gasteiger partial charge is 0.318 e. The fraction of sp³-hybridized carbons (Fsp3) is 0.250. The second-order valence-electron chi connectivity index (χ2n) is 7.15. The van der Waals surface area contributed by atoms with E-state index in [9.17, 15) is 9.18 Å². The van der Waals surface area contributed by atoms with Crippen LogP contribution in [0.25, 0.3) is 11.0 Å². The summed E-state index contributed by atoms with van der Waals surface area (Å²) in [5.74, 6) is -0.272. The van der Waals surface area contributed by atoms with Crippen LogP contribution in [0.3, 0.4) is 0 Å². The molecule has 0 atom stereocenters. The second kappa shape index (κ2) is 7.74. The molecule has 2 aliphatic rings. The fourth-order valence-corrected chi connectivity index (χ4v) is 5.16. The second-order valence-corrected chi connectivity index (χ2v) is 8.85. The molecule has 1 N–H and O–H groups in total. The highest BCUT2D eigenvalue weighted by Gasteiger charge is 2.32. The van der Waals surface area contributed by atoms with E-state index in [4.69, 9.17) is 0 Å². The number of hydrogen-bond donors (Lipinski definition) is 1. The molecule has 148 valence electrons. The number of rotatable bonds is 4. The van der Waals surface area contributed by atoms with Gasteiger partial charge in [0.05, 0.1) is 11.7 Å². The number of nitrogens with one attached hydrogen (secondary N) is 1. The Labute approximate surface area is 175 Å². The van der Waals surface area contributed by atoms with E-state index in [1.54, 1.807) is 24.1 Å². The summed E-state index contributed by atoms with van der Waals surface area (Å²) in [5, 5.41) is 2.92. The number of urea groups is 1. The van der Waals surface area contributed by atoms with Crippen LogP contribution in [0.1, 0.15) is 5.56 Å². The first-order valence-electron chi connectivity index (χ1n) is 9.26. The zero-order valence-electron chi connectivity index (χ0n) is 15.5. The Hall–Kier alpha value is -2.49. The maximum absolute atomic E-state index is 13.0. The van der Waals surface area contributed by atoms with E-state index in [0.717, 1.165) is 34.6 Å². The first-order valence-corrected chi connectivity index (χ1v) is 10.8. The average molecular weight is 428 g/mol. The van der Waals surface area contributed by atoms with E-state index in [2.05, 4.69) is 30.5 Å². The van der Waals surface area contributed by atoms with Crippen LogP contribution in [0.2, 0.25) is 0 Å². The topological polar surface area (TPSA) is 61.4 Å². The van der Waals surface area contributed by atoms with Crippen molar-refractivity contribution in [3.05, 3.63) is 65.0 Å². The van der Waals surface area contributed by atoms with Crippen molar-refractivity contribution >= 4 is 40.7 Å². The summed E-state index contributed by atoms with van der Waals surface area (Å²) < 4.78 is 23.8. The molecular weight excluding hydrogens is 409 g/mol. The molecular formula is C20H18FN5OS2. The monoisotopic (exact) mass is 427 g/mol. The largest absolute Gasteiger partial charge is 0.334 e. The number of benzene rings is 2. The minimum absolute atomic E-state index is 0.0792. The summed E-state index contributed by atoms with van der Waals surface area (Å²) >= 11 is 2.96. The maximum Gasteiger partial charge on any atom is 0.318 e.